The third-order valence-corrected chi connectivity index (χ3v) is 9.28. The summed E-state index contributed by atoms with van der Waals surface area (Å²) < 4.78 is 53.5. The normalized spacial score (nSPS) is 13.8. The lowest BCUT2D eigenvalue weighted by atomic mass is 10.1. The molecular weight excluding hydrogens is 667 g/mol. The third kappa shape index (κ3) is 6.34. The third-order valence-electron chi connectivity index (χ3n) is 7.54. The van der Waals surface area contributed by atoms with Gasteiger partial charge in [-0.15, -0.1) is 22.7 Å². The van der Waals surface area contributed by atoms with Crippen LogP contribution in [0.4, 0.5) is 60.8 Å². The molecule has 3 aromatic carbocycles. The van der Waals surface area contributed by atoms with Gasteiger partial charge in [-0.3, -0.25) is 15.7 Å². The zero-order valence-corrected chi connectivity index (χ0v) is 26.4. The molecule has 0 atom stereocenters. The topological polar surface area (TPSA) is 151 Å². The van der Waals surface area contributed by atoms with Crippen molar-refractivity contribution in [1.82, 2.24) is 0 Å². The molecule has 4 heterocycles. The number of hydrogen-bond acceptors (Lipinski definition) is 8. The number of alkyl halides is 3. The van der Waals surface area contributed by atoms with E-state index in [1.807, 2.05) is 52.1 Å². The van der Waals surface area contributed by atoms with Gasteiger partial charge in [0.05, 0.1) is 41.4 Å². The first-order valence-electron chi connectivity index (χ1n) is 14.2. The van der Waals surface area contributed by atoms with Crippen molar-refractivity contribution in [2.24, 2.45) is 5.73 Å². The van der Waals surface area contributed by atoms with E-state index in [1.165, 1.54) is 23.5 Å². The molecule has 0 saturated heterocycles. The maximum absolute atomic E-state index is 14.3. The number of nitrogens with two attached hydrogens (primary N) is 2. The summed E-state index contributed by atoms with van der Waals surface area (Å²) in [5, 5.41) is 28.9. The summed E-state index contributed by atoms with van der Waals surface area (Å²) in [6.07, 6.45) is -4.71. The minimum absolute atomic E-state index is 0.0854. The minimum Gasteiger partial charge on any atom is -0.399 e. The zero-order chi connectivity index (χ0) is 34.2. The second-order valence-electron chi connectivity index (χ2n) is 10.5. The number of nitrogen functional groups attached to an aromatic ring is 1. The molecule has 2 aliphatic heterocycles. The first-order chi connectivity index (χ1) is 22.9. The molecule has 2 aromatic heterocycles. The Morgan fingerprint density at radius 1 is 0.792 bits per heavy atom. The van der Waals surface area contributed by atoms with Crippen molar-refractivity contribution in [2.45, 2.75) is 6.18 Å². The van der Waals surface area contributed by atoms with Gasteiger partial charge in [-0.05, 0) is 89.6 Å². The van der Waals surface area contributed by atoms with Crippen LogP contribution in [0.5, 0.6) is 0 Å². The van der Waals surface area contributed by atoms with Crippen molar-refractivity contribution >= 4 is 78.8 Å². The molecule has 2 aliphatic rings. The number of amidine groups is 2. The average Bonchev–Trinajstić information content (AvgIpc) is 3.74. The number of urea groups is 1. The summed E-state index contributed by atoms with van der Waals surface area (Å²) in [6, 6.07) is 18.0. The number of anilines is 7. The molecule has 0 aliphatic carbocycles. The number of amides is 2. The Hall–Kier alpha value is -5.61. The van der Waals surface area contributed by atoms with Crippen LogP contribution in [0.15, 0.2) is 89.6 Å². The Balaban J connectivity index is 0.000000198. The maximum Gasteiger partial charge on any atom is 0.416 e. The smallest absolute Gasteiger partial charge is 0.399 e. The van der Waals surface area contributed by atoms with Crippen LogP contribution in [0.2, 0.25) is 0 Å². The number of benzene rings is 3. The number of hydrogen-bond donors (Lipinski definition) is 6. The Morgan fingerprint density at radius 2 is 1.29 bits per heavy atom. The summed E-state index contributed by atoms with van der Waals surface area (Å²) in [6.45, 7) is 0.962. The molecule has 0 radical (unpaired) electrons. The average molecular weight is 694 g/mol. The van der Waals surface area contributed by atoms with Crippen LogP contribution in [0.25, 0.3) is 0 Å². The van der Waals surface area contributed by atoms with E-state index in [9.17, 15) is 22.4 Å². The van der Waals surface area contributed by atoms with Crippen molar-refractivity contribution < 1.29 is 22.4 Å². The Bertz CT molecular complexity index is 1990. The van der Waals surface area contributed by atoms with E-state index < -0.39 is 29.3 Å². The van der Waals surface area contributed by atoms with Gasteiger partial charge in [0.15, 0.2) is 0 Å². The number of thiophene rings is 2. The number of nitrogens with one attached hydrogen (secondary N) is 4. The summed E-state index contributed by atoms with van der Waals surface area (Å²) >= 11 is 3.12. The predicted octanol–water partition coefficient (Wildman–Crippen LogP) is 7.88. The number of carbonyl (C=O) groups is 1. The van der Waals surface area contributed by atoms with Gasteiger partial charge in [-0.1, -0.05) is 0 Å². The quantitative estimate of drug-likeness (QED) is 0.0833. The van der Waals surface area contributed by atoms with Crippen LogP contribution in [0.3, 0.4) is 0 Å². The number of halogens is 4. The lowest BCUT2D eigenvalue weighted by molar-refractivity contribution is -0.137. The molecule has 0 saturated carbocycles. The first-order valence-corrected chi connectivity index (χ1v) is 16.0. The van der Waals surface area contributed by atoms with Gasteiger partial charge in [0.2, 0.25) is 0 Å². The second kappa shape index (κ2) is 12.9. The Morgan fingerprint density at radius 3 is 1.77 bits per heavy atom. The van der Waals surface area contributed by atoms with Gasteiger partial charge in [-0.2, -0.15) is 13.2 Å². The van der Waals surface area contributed by atoms with Crippen LogP contribution in [-0.2, 0) is 6.18 Å². The monoisotopic (exact) mass is 693 g/mol. The van der Waals surface area contributed by atoms with E-state index >= 15 is 0 Å². The number of primary amides is 1. The molecule has 5 aromatic rings. The van der Waals surface area contributed by atoms with E-state index in [0.717, 1.165) is 32.5 Å². The predicted molar refractivity (Wildman–Crippen MR) is 185 cm³/mol. The highest BCUT2D eigenvalue weighted by atomic mass is 32.1. The van der Waals surface area contributed by atoms with E-state index in [4.69, 9.17) is 22.3 Å². The fourth-order valence-electron chi connectivity index (χ4n) is 5.14. The van der Waals surface area contributed by atoms with Crippen LogP contribution in [0.1, 0.15) is 16.7 Å². The highest BCUT2D eigenvalue weighted by molar-refractivity contribution is 7.15. The van der Waals surface area contributed by atoms with Crippen LogP contribution in [-0.4, -0.2) is 31.0 Å². The molecule has 10 nitrogen and oxygen atoms in total. The number of nitrogens with zero attached hydrogens (tertiary/aromatic N) is 3. The Labute approximate surface area is 279 Å². The molecule has 0 bridgehead atoms. The summed E-state index contributed by atoms with van der Waals surface area (Å²) in [5.74, 6) is -0.217. The molecule has 0 spiro atoms. The molecule has 48 heavy (non-hydrogen) atoms. The van der Waals surface area contributed by atoms with Crippen LogP contribution >= 0.6 is 22.7 Å². The molecule has 8 N–H and O–H groups in total. The van der Waals surface area contributed by atoms with E-state index in [1.54, 1.807) is 28.4 Å². The van der Waals surface area contributed by atoms with Gasteiger partial charge in [0.1, 0.15) is 27.5 Å². The van der Waals surface area contributed by atoms with Crippen molar-refractivity contribution in [2.75, 3.05) is 44.4 Å². The SMILES string of the molecule is N=C1c2ccsc2NCN1c1ccc(N(C(N)=O)c2cc(C(F)(F)F)ccc2F)cc1.N=C1c2ccsc2NCN1c1ccc(N)cc1. The standard InChI is InChI=1S/C20H15F4N5OS.C12H12N4S/c21-15-6-1-11(20(22,23)24)9-16(15)29(19(26)30)13-4-2-12(3-5-13)28-10-27-18-14(17(28)25)7-8-31-18;13-8-1-3-9(4-2-8)16-7-15-12-10(11(16)14)5-6-17-12/h1-9,25,27H,10H2,(H2,26,30);1-6,14-15H,7,13H2. The molecule has 7 rings (SSSR count). The molecule has 16 heteroatoms. The molecule has 246 valence electrons. The van der Waals surface area contributed by atoms with Gasteiger partial charge < -0.3 is 31.9 Å². The lowest BCUT2D eigenvalue weighted by Crippen LogP contribution is -2.39. The first kappa shape index (κ1) is 32.3. The minimum atomic E-state index is -4.71. The fourth-order valence-corrected chi connectivity index (χ4v) is 6.70. The molecular formula is C32H27F4N9OS2. The highest BCUT2D eigenvalue weighted by Gasteiger charge is 2.33. The summed E-state index contributed by atoms with van der Waals surface area (Å²) in [5.41, 5.74) is 13.4. The van der Waals surface area contributed by atoms with Gasteiger partial charge in [0, 0.05) is 17.1 Å². The van der Waals surface area contributed by atoms with E-state index in [2.05, 4.69) is 10.6 Å². The molecule has 0 unspecified atom stereocenters. The number of fused-ring (bicyclic) bond motifs is 2. The second-order valence-corrected chi connectivity index (χ2v) is 12.3. The Kier molecular flexibility index (Phi) is 8.68. The van der Waals surface area contributed by atoms with Gasteiger partial charge in [-0.25, -0.2) is 9.18 Å². The molecule has 0 fully saturated rings. The highest BCUT2D eigenvalue weighted by Crippen LogP contribution is 2.37. The summed E-state index contributed by atoms with van der Waals surface area (Å²) in [7, 11) is 0. The van der Waals surface area contributed by atoms with Crippen molar-refractivity contribution in [3.05, 3.63) is 112 Å². The number of rotatable bonds is 4. The molecule has 2 amide bonds. The fraction of sp³-hybridized carbons (Fsp3) is 0.0938. The van der Waals surface area contributed by atoms with E-state index in [0.29, 0.717) is 48.0 Å². The lowest BCUT2D eigenvalue weighted by Gasteiger charge is -2.30. The zero-order valence-electron chi connectivity index (χ0n) is 24.8. The van der Waals surface area contributed by atoms with Crippen molar-refractivity contribution in [3.8, 4) is 0 Å². The maximum atomic E-state index is 14.3. The van der Waals surface area contributed by atoms with Crippen LogP contribution < -0.4 is 36.8 Å². The van der Waals surface area contributed by atoms with Crippen LogP contribution in [0, 0.1) is 16.6 Å². The summed E-state index contributed by atoms with van der Waals surface area (Å²) in [4.78, 5) is 16.3. The number of carbonyl (C=O) groups excluding carboxylic acids is 1. The van der Waals surface area contributed by atoms with E-state index in [-0.39, 0.29) is 11.5 Å². The van der Waals surface area contributed by atoms with Crippen molar-refractivity contribution in [1.29, 1.82) is 10.8 Å². The van der Waals surface area contributed by atoms with Gasteiger partial charge in [0.25, 0.3) is 0 Å². The largest absolute Gasteiger partial charge is 0.416 e. The van der Waals surface area contributed by atoms with Crippen molar-refractivity contribution in [3.63, 3.8) is 0 Å². The van der Waals surface area contributed by atoms with Gasteiger partial charge >= 0.3 is 12.2 Å².